The molecule has 0 atom stereocenters. The number of nitrogens with zero attached hydrogens (tertiary/aromatic N) is 2. The molecule has 2 rings (SSSR count). The molecule has 6 heteroatoms. The Bertz CT molecular complexity index is 479. The number of hydrogen-bond donors (Lipinski definition) is 4. The number of fused-ring (bicyclic) bond motifs is 1. The molecule has 0 saturated carbocycles. The fourth-order valence-corrected chi connectivity index (χ4v) is 1.53. The van der Waals surface area contributed by atoms with E-state index in [0.717, 1.165) is 11.1 Å². The number of aliphatic hydroxyl groups excluding tert-OH is 1. The van der Waals surface area contributed by atoms with Crippen molar-refractivity contribution in [3.8, 4) is 0 Å². The molecule has 0 fully saturated rings. The molecule has 0 bridgehead atoms. The number of anilines is 2. The van der Waals surface area contributed by atoms with Crippen molar-refractivity contribution >= 4 is 22.3 Å². The van der Waals surface area contributed by atoms with Crippen molar-refractivity contribution in [1.29, 1.82) is 0 Å². The molecule has 6 nitrogen and oxygen atoms in total. The summed E-state index contributed by atoms with van der Waals surface area (Å²) in [6.07, 6.45) is 1.64. The maximum absolute atomic E-state index is 8.73. The number of benzene rings is 1. The molecular weight excluding hydrogens is 194 g/mol. The normalized spacial score (nSPS) is 10.7. The highest BCUT2D eigenvalue weighted by Crippen LogP contribution is 2.26. The van der Waals surface area contributed by atoms with Gasteiger partial charge in [-0.15, -0.1) is 0 Å². The molecule has 0 aliphatic heterocycles. The van der Waals surface area contributed by atoms with Gasteiger partial charge in [-0.05, 0) is 12.1 Å². The van der Waals surface area contributed by atoms with Gasteiger partial charge in [0.15, 0.2) is 0 Å². The summed E-state index contributed by atoms with van der Waals surface area (Å²) in [7, 11) is 0. The standard InChI is InChI=1S/C9H13N5O/c10-7-1-2-8(12-3-4-15)6-5-13-14(11)9(6)7/h1-2,5,12,15H,3-4,10-11H2. The topological polar surface area (TPSA) is 102 Å². The highest BCUT2D eigenvalue weighted by molar-refractivity contribution is 5.98. The van der Waals surface area contributed by atoms with Crippen molar-refractivity contribution in [2.45, 2.75) is 0 Å². The van der Waals surface area contributed by atoms with Crippen LogP contribution in [0.3, 0.4) is 0 Å². The predicted octanol–water partition coefficient (Wildman–Crippen LogP) is -0.264. The van der Waals surface area contributed by atoms with Crippen LogP contribution in [0.25, 0.3) is 10.9 Å². The molecule has 0 radical (unpaired) electrons. The number of aromatic nitrogens is 2. The molecule has 0 spiro atoms. The fraction of sp³-hybridized carbons (Fsp3) is 0.222. The second kappa shape index (κ2) is 3.66. The molecule has 1 aromatic carbocycles. The lowest BCUT2D eigenvalue weighted by molar-refractivity contribution is 0.311. The van der Waals surface area contributed by atoms with Gasteiger partial charge in [0.25, 0.3) is 0 Å². The zero-order valence-corrected chi connectivity index (χ0v) is 8.14. The highest BCUT2D eigenvalue weighted by atomic mass is 16.3. The van der Waals surface area contributed by atoms with E-state index in [1.807, 2.05) is 6.07 Å². The van der Waals surface area contributed by atoms with Crippen LogP contribution in [0.2, 0.25) is 0 Å². The van der Waals surface area contributed by atoms with E-state index >= 15 is 0 Å². The molecular formula is C9H13N5O. The quantitative estimate of drug-likeness (QED) is 0.410. The van der Waals surface area contributed by atoms with Gasteiger partial charge in [0.05, 0.1) is 18.5 Å². The minimum Gasteiger partial charge on any atom is -0.397 e. The van der Waals surface area contributed by atoms with E-state index in [1.165, 1.54) is 4.79 Å². The lowest BCUT2D eigenvalue weighted by Gasteiger charge is -2.07. The molecule has 1 aromatic heterocycles. The first kappa shape index (κ1) is 9.60. The van der Waals surface area contributed by atoms with Gasteiger partial charge in [0.2, 0.25) is 0 Å². The molecule has 0 aliphatic rings. The van der Waals surface area contributed by atoms with E-state index in [1.54, 1.807) is 12.3 Å². The number of nitrogens with one attached hydrogen (secondary N) is 1. The summed E-state index contributed by atoms with van der Waals surface area (Å²) >= 11 is 0. The van der Waals surface area contributed by atoms with Gasteiger partial charge < -0.3 is 22.0 Å². The van der Waals surface area contributed by atoms with E-state index < -0.39 is 0 Å². The monoisotopic (exact) mass is 207 g/mol. The van der Waals surface area contributed by atoms with Crippen LogP contribution in [-0.2, 0) is 0 Å². The maximum Gasteiger partial charge on any atom is 0.117 e. The SMILES string of the molecule is Nc1ccc(NCCO)c2cnn(N)c12. The van der Waals surface area contributed by atoms with Crippen LogP contribution in [0.5, 0.6) is 0 Å². The molecule has 0 saturated heterocycles. The number of hydrogen-bond acceptors (Lipinski definition) is 5. The second-order valence-corrected chi connectivity index (χ2v) is 3.20. The van der Waals surface area contributed by atoms with Crippen molar-refractivity contribution in [2.75, 3.05) is 30.0 Å². The first-order chi connectivity index (χ1) is 7.24. The summed E-state index contributed by atoms with van der Waals surface area (Å²) in [6, 6.07) is 3.60. The zero-order chi connectivity index (χ0) is 10.8. The van der Waals surface area contributed by atoms with Crippen molar-refractivity contribution in [2.24, 2.45) is 0 Å². The Labute approximate surface area is 86.4 Å². The zero-order valence-electron chi connectivity index (χ0n) is 8.14. The number of nitrogens with two attached hydrogens (primary N) is 2. The minimum absolute atomic E-state index is 0.0721. The Morgan fingerprint density at radius 1 is 1.47 bits per heavy atom. The van der Waals surface area contributed by atoms with Crippen LogP contribution in [0.1, 0.15) is 0 Å². The summed E-state index contributed by atoms with van der Waals surface area (Å²) < 4.78 is 0. The van der Waals surface area contributed by atoms with Crippen molar-refractivity contribution in [1.82, 2.24) is 9.89 Å². The van der Waals surface area contributed by atoms with E-state index in [2.05, 4.69) is 10.4 Å². The van der Waals surface area contributed by atoms with Crippen LogP contribution in [0.15, 0.2) is 18.3 Å². The van der Waals surface area contributed by atoms with Crippen molar-refractivity contribution in [3.05, 3.63) is 18.3 Å². The first-order valence-corrected chi connectivity index (χ1v) is 4.60. The van der Waals surface area contributed by atoms with Crippen LogP contribution in [0, 0.1) is 0 Å². The summed E-state index contributed by atoms with van der Waals surface area (Å²) in [6.45, 7) is 0.553. The van der Waals surface area contributed by atoms with Crippen LogP contribution in [0.4, 0.5) is 11.4 Å². The smallest absolute Gasteiger partial charge is 0.117 e. The Hall–Kier alpha value is -1.95. The van der Waals surface area contributed by atoms with E-state index in [-0.39, 0.29) is 6.61 Å². The third-order valence-corrected chi connectivity index (χ3v) is 2.22. The van der Waals surface area contributed by atoms with Crippen molar-refractivity contribution in [3.63, 3.8) is 0 Å². The largest absolute Gasteiger partial charge is 0.397 e. The van der Waals surface area contributed by atoms with Crippen LogP contribution in [-0.4, -0.2) is 28.1 Å². The van der Waals surface area contributed by atoms with E-state index in [4.69, 9.17) is 16.7 Å². The Morgan fingerprint density at radius 3 is 3.00 bits per heavy atom. The van der Waals surface area contributed by atoms with Crippen molar-refractivity contribution < 1.29 is 5.11 Å². The van der Waals surface area contributed by atoms with E-state index in [9.17, 15) is 0 Å². The third kappa shape index (κ3) is 1.55. The predicted molar refractivity (Wildman–Crippen MR) is 59.9 cm³/mol. The third-order valence-electron chi connectivity index (χ3n) is 2.22. The second-order valence-electron chi connectivity index (χ2n) is 3.20. The summed E-state index contributed by atoms with van der Waals surface area (Å²) in [5.74, 6) is 5.62. The molecule has 0 amide bonds. The average molecular weight is 207 g/mol. The van der Waals surface area contributed by atoms with Gasteiger partial charge in [-0.2, -0.15) is 9.89 Å². The summed E-state index contributed by atoms with van der Waals surface area (Å²) in [5, 5.41) is 16.6. The van der Waals surface area contributed by atoms with Gasteiger partial charge in [-0.3, -0.25) is 0 Å². The maximum atomic E-state index is 8.73. The molecule has 15 heavy (non-hydrogen) atoms. The average Bonchev–Trinajstić information content (AvgIpc) is 2.61. The molecule has 2 aromatic rings. The summed E-state index contributed by atoms with van der Waals surface area (Å²) in [5.41, 5.74) is 7.92. The fourth-order valence-electron chi connectivity index (χ4n) is 1.53. The van der Waals surface area contributed by atoms with Gasteiger partial charge >= 0.3 is 0 Å². The van der Waals surface area contributed by atoms with Gasteiger partial charge in [-0.25, -0.2) is 0 Å². The Balaban J connectivity index is 2.52. The number of rotatable bonds is 3. The van der Waals surface area contributed by atoms with Crippen LogP contribution >= 0.6 is 0 Å². The van der Waals surface area contributed by atoms with Gasteiger partial charge in [0, 0.05) is 17.6 Å². The van der Waals surface area contributed by atoms with Gasteiger partial charge in [0.1, 0.15) is 5.52 Å². The molecule has 0 aliphatic carbocycles. The molecule has 80 valence electrons. The van der Waals surface area contributed by atoms with Gasteiger partial charge in [-0.1, -0.05) is 0 Å². The minimum atomic E-state index is 0.0721. The highest BCUT2D eigenvalue weighted by Gasteiger charge is 2.08. The summed E-state index contributed by atoms with van der Waals surface area (Å²) in [4.78, 5) is 1.24. The molecule has 6 N–H and O–H groups in total. The number of aliphatic hydroxyl groups is 1. The van der Waals surface area contributed by atoms with E-state index in [0.29, 0.717) is 17.7 Å². The Kier molecular flexibility index (Phi) is 2.34. The molecule has 1 heterocycles. The molecule has 0 unspecified atom stereocenters. The Morgan fingerprint density at radius 2 is 2.27 bits per heavy atom. The first-order valence-electron chi connectivity index (χ1n) is 4.60. The van der Waals surface area contributed by atoms with Crippen LogP contribution < -0.4 is 16.9 Å². The lowest BCUT2D eigenvalue weighted by atomic mass is 10.2. The lowest BCUT2D eigenvalue weighted by Crippen LogP contribution is -2.11. The number of nitrogen functional groups attached to an aromatic ring is 2.